The van der Waals surface area contributed by atoms with Crippen LogP contribution >= 0.6 is 0 Å². The molecule has 1 rings (SSSR count). The Labute approximate surface area is 91.2 Å². The van der Waals surface area contributed by atoms with Crippen LogP contribution in [0.5, 0.6) is 0 Å². The molecule has 5 unspecified atom stereocenters. The van der Waals surface area contributed by atoms with Gasteiger partial charge in [0.15, 0.2) is 6.29 Å². The topological polar surface area (TPSA) is 58.9 Å². The van der Waals surface area contributed by atoms with E-state index in [0.29, 0.717) is 5.92 Å². The van der Waals surface area contributed by atoms with E-state index in [1.807, 2.05) is 6.92 Å². The van der Waals surface area contributed by atoms with E-state index in [-0.39, 0.29) is 12.0 Å². The van der Waals surface area contributed by atoms with Crippen molar-refractivity contribution < 1.29 is 19.7 Å². The minimum absolute atomic E-state index is 0.201. The zero-order chi connectivity index (χ0) is 11.6. The molecule has 4 heteroatoms. The molecule has 15 heavy (non-hydrogen) atoms. The van der Waals surface area contributed by atoms with Crippen molar-refractivity contribution in [2.75, 3.05) is 7.11 Å². The predicted octanol–water partition coefficient (Wildman–Crippen LogP) is 0.762. The maximum atomic E-state index is 9.84. The third kappa shape index (κ3) is 2.91. The van der Waals surface area contributed by atoms with Gasteiger partial charge in [-0.25, -0.2) is 0 Å². The quantitative estimate of drug-likeness (QED) is 0.734. The average molecular weight is 218 g/mol. The van der Waals surface area contributed by atoms with Crippen LogP contribution in [0.4, 0.5) is 0 Å². The third-order valence-electron chi connectivity index (χ3n) is 2.94. The van der Waals surface area contributed by atoms with E-state index in [9.17, 15) is 10.2 Å². The van der Waals surface area contributed by atoms with E-state index in [4.69, 9.17) is 9.47 Å². The predicted molar refractivity (Wildman–Crippen MR) is 56.3 cm³/mol. The molecule has 1 aliphatic rings. The second-order valence-electron chi connectivity index (χ2n) is 4.75. The first-order chi connectivity index (χ1) is 6.97. The van der Waals surface area contributed by atoms with Gasteiger partial charge in [-0.1, -0.05) is 20.8 Å². The Morgan fingerprint density at radius 2 is 1.87 bits per heavy atom. The highest BCUT2D eigenvalue weighted by Gasteiger charge is 2.42. The van der Waals surface area contributed by atoms with Gasteiger partial charge in [-0.3, -0.25) is 0 Å². The summed E-state index contributed by atoms with van der Waals surface area (Å²) in [4.78, 5) is 0. The SMILES string of the molecule is COC1OC(CC(C)C)C(O)C(O)C1C. The second-order valence-corrected chi connectivity index (χ2v) is 4.75. The summed E-state index contributed by atoms with van der Waals surface area (Å²) in [6.45, 7) is 5.93. The van der Waals surface area contributed by atoms with Gasteiger partial charge in [-0.15, -0.1) is 0 Å². The molecule has 0 aliphatic carbocycles. The summed E-state index contributed by atoms with van der Waals surface area (Å²) in [5.41, 5.74) is 0. The minimum atomic E-state index is -0.811. The lowest BCUT2D eigenvalue weighted by molar-refractivity contribution is -0.271. The van der Waals surface area contributed by atoms with Crippen molar-refractivity contribution in [2.24, 2.45) is 11.8 Å². The Kier molecular flexibility index (Phi) is 4.52. The molecule has 1 fully saturated rings. The highest BCUT2D eigenvalue weighted by molar-refractivity contribution is 4.87. The molecule has 0 saturated carbocycles. The summed E-state index contributed by atoms with van der Waals surface area (Å²) in [5, 5.41) is 19.7. The highest BCUT2D eigenvalue weighted by atomic mass is 16.7. The fourth-order valence-corrected chi connectivity index (χ4v) is 2.00. The summed E-state index contributed by atoms with van der Waals surface area (Å²) >= 11 is 0. The summed E-state index contributed by atoms with van der Waals surface area (Å²) in [6.07, 6.45) is -1.61. The minimum Gasteiger partial charge on any atom is -0.390 e. The van der Waals surface area contributed by atoms with Crippen LogP contribution < -0.4 is 0 Å². The molecule has 90 valence electrons. The van der Waals surface area contributed by atoms with E-state index in [0.717, 1.165) is 6.42 Å². The summed E-state index contributed by atoms with van der Waals surface area (Å²) in [6, 6.07) is 0. The van der Waals surface area contributed by atoms with Crippen LogP contribution in [-0.4, -0.2) is 41.9 Å². The monoisotopic (exact) mass is 218 g/mol. The van der Waals surface area contributed by atoms with Crippen molar-refractivity contribution in [2.45, 2.75) is 51.8 Å². The fourth-order valence-electron chi connectivity index (χ4n) is 2.00. The lowest BCUT2D eigenvalue weighted by atomic mass is 9.89. The number of hydrogen-bond acceptors (Lipinski definition) is 4. The van der Waals surface area contributed by atoms with Crippen LogP contribution in [-0.2, 0) is 9.47 Å². The number of methoxy groups -OCH3 is 1. The first-order valence-electron chi connectivity index (χ1n) is 5.51. The van der Waals surface area contributed by atoms with Crippen molar-refractivity contribution in [1.82, 2.24) is 0 Å². The molecule has 0 amide bonds. The molecule has 1 aliphatic heterocycles. The van der Waals surface area contributed by atoms with Crippen LogP contribution in [0.15, 0.2) is 0 Å². The molecule has 1 heterocycles. The zero-order valence-electron chi connectivity index (χ0n) is 9.88. The van der Waals surface area contributed by atoms with E-state index in [2.05, 4.69) is 13.8 Å². The summed E-state index contributed by atoms with van der Waals surface area (Å²) in [7, 11) is 1.55. The second kappa shape index (κ2) is 5.25. The van der Waals surface area contributed by atoms with Crippen molar-refractivity contribution in [3.63, 3.8) is 0 Å². The smallest absolute Gasteiger partial charge is 0.162 e. The van der Waals surface area contributed by atoms with E-state index >= 15 is 0 Å². The van der Waals surface area contributed by atoms with E-state index in [1.54, 1.807) is 7.11 Å². The third-order valence-corrected chi connectivity index (χ3v) is 2.94. The Hall–Kier alpha value is -0.160. The van der Waals surface area contributed by atoms with Crippen molar-refractivity contribution in [3.8, 4) is 0 Å². The van der Waals surface area contributed by atoms with Gasteiger partial charge in [0, 0.05) is 13.0 Å². The number of ether oxygens (including phenoxy) is 2. The Bertz CT molecular complexity index is 193. The Balaban J connectivity index is 2.65. The first-order valence-corrected chi connectivity index (χ1v) is 5.51. The normalized spacial score (nSPS) is 42.2. The van der Waals surface area contributed by atoms with Gasteiger partial charge in [0.2, 0.25) is 0 Å². The number of aliphatic hydroxyl groups is 2. The molecule has 0 aromatic carbocycles. The number of rotatable bonds is 3. The van der Waals surface area contributed by atoms with Crippen molar-refractivity contribution in [1.29, 1.82) is 0 Å². The van der Waals surface area contributed by atoms with Gasteiger partial charge in [-0.05, 0) is 12.3 Å². The Morgan fingerprint density at radius 3 is 2.33 bits per heavy atom. The van der Waals surface area contributed by atoms with Crippen LogP contribution in [0.3, 0.4) is 0 Å². The molecule has 1 saturated heterocycles. The molecule has 2 N–H and O–H groups in total. The Morgan fingerprint density at radius 1 is 1.27 bits per heavy atom. The van der Waals surface area contributed by atoms with E-state index in [1.165, 1.54) is 0 Å². The van der Waals surface area contributed by atoms with Gasteiger partial charge in [0.05, 0.1) is 12.2 Å². The molecule has 5 atom stereocenters. The van der Waals surface area contributed by atoms with Crippen LogP contribution in [0, 0.1) is 11.8 Å². The average Bonchev–Trinajstić information content (AvgIpc) is 2.18. The van der Waals surface area contributed by atoms with Gasteiger partial charge >= 0.3 is 0 Å². The summed E-state index contributed by atoms with van der Waals surface area (Å²) < 4.78 is 10.7. The summed E-state index contributed by atoms with van der Waals surface area (Å²) in [5.74, 6) is 0.219. The molecular formula is C11H22O4. The number of aliphatic hydroxyl groups excluding tert-OH is 2. The highest BCUT2D eigenvalue weighted by Crippen LogP contribution is 2.29. The van der Waals surface area contributed by atoms with Gasteiger partial charge < -0.3 is 19.7 Å². The first kappa shape index (κ1) is 12.9. The maximum absolute atomic E-state index is 9.84. The van der Waals surface area contributed by atoms with Crippen molar-refractivity contribution >= 4 is 0 Å². The van der Waals surface area contributed by atoms with E-state index < -0.39 is 18.5 Å². The molecule has 0 bridgehead atoms. The van der Waals surface area contributed by atoms with Gasteiger partial charge in [-0.2, -0.15) is 0 Å². The van der Waals surface area contributed by atoms with Crippen molar-refractivity contribution in [3.05, 3.63) is 0 Å². The maximum Gasteiger partial charge on any atom is 0.162 e. The zero-order valence-corrected chi connectivity index (χ0v) is 9.88. The molecule has 4 nitrogen and oxygen atoms in total. The van der Waals surface area contributed by atoms with Crippen LogP contribution in [0.2, 0.25) is 0 Å². The van der Waals surface area contributed by atoms with Crippen LogP contribution in [0.25, 0.3) is 0 Å². The number of hydrogen-bond donors (Lipinski definition) is 2. The molecule has 0 aromatic heterocycles. The molecule has 0 radical (unpaired) electrons. The largest absolute Gasteiger partial charge is 0.390 e. The van der Waals surface area contributed by atoms with Gasteiger partial charge in [0.1, 0.15) is 6.10 Å². The lowest BCUT2D eigenvalue weighted by Crippen LogP contribution is -2.54. The molecule has 0 spiro atoms. The molecule has 0 aromatic rings. The standard InChI is InChI=1S/C11H22O4/c1-6(2)5-8-10(13)9(12)7(3)11(14-4)15-8/h6-13H,5H2,1-4H3. The molecular weight excluding hydrogens is 196 g/mol. The fraction of sp³-hybridized carbons (Fsp3) is 1.00. The van der Waals surface area contributed by atoms with Gasteiger partial charge in [0.25, 0.3) is 0 Å². The lowest BCUT2D eigenvalue weighted by Gasteiger charge is -2.41. The van der Waals surface area contributed by atoms with Crippen LogP contribution in [0.1, 0.15) is 27.2 Å².